The molecule has 0 aromatic heterocycles. The van der Waals surface area contributed by atoms with Crippen molar-refractivity contribution in [2.24, 2.45) is 5.92 Å². The molecule has 2 heterocycles. The molecule has 2 aliphatic rings. The van der Waals surface area contributed by atoms with Crippen LogP contribution >= 0.6 is 0 Å². The second kappa shape index (κ2) is 5.06. The summed E-state index contributed by atoms with van der Waals surface area (Å²) in [4.78, 5) is 0. The molecule has 0 aliphatic carbocycles. The van der Waals surface area contributed by atoms with E-state index in [4.69, 9.17) is 9.47 Å². The lowest BCUT2D eigenvalue weighted by molar-refractivity contribution is -0.0960. The Balaban J connectivity index is 1.69. The largest absolute Gasteiger partial charge is 0.370 e. The van der Waals surface area contributed by atoms with Gasteiger partial charge >= 0.3 is 0 Å². The zero-order valence-electron chi connectivity index (χ0n) is 13.4. The standard InChI is InChI=1S/C18H25FO2/c1-12(2)18-8-7-17(4,21-18)16(10-18)20-11-14-5-6-15(19)9-13(14)3/h5-6,9,12,16H,7-8,10-11H2,1-4H3. The van der Waals surface area contributed by atoms with Gasteiger partial charge in [0.15, 0.2) is 0 Å². The van der Waals surface area contributed by atoms with E-state index < -0.39 is 0 Å². The van der Waals surface area contributed by atoms with Gasteiger partial charge in [0.1, 0.15) is 5.82 Å². The van der Waals surface area contributed by atoms with Crippen LogP contribution in [-0.4, -0.2) is 17.3 Å². The Labute approximate surface area is 126 Å². The first-order chi connectivity index (χ1) is 9.85. The molecule has 0 spiro atoms. The maximum atomic E-state index is 13.2. The number of aryl methyl sites for hydroxylation is 1. The molecule has 116 valence electrons. The molecule has 3 unspecified atom stereocenters. The van der Waals surface area contributed by atoms with Gasteiger partial charge < -0.3 is 9.47 Å². The zero-order chi connectivity index (χ0) is 15.3. The number of hydrogen-bond donors (Lipinski definition) is 0. The number of halogens is 1. The van der Waals surface area contributed by atoms with Gasteiger partial charge in [-0.25, -0.2) is 4.39 Å². The molecule has 0 amide bonds. The topological polar surface area (TPSA) is 18.5 Å². The molecule has 2 fully saturated rings. The van der Waals surface area contributed by atoms with Gasteiger partial charge in [-0.3, -0.25) is 0 Å². The molecule has 1 aromatic rings. The van der Waals surface area contributed by atoms with Gasteiger partial charge in [0.25, 0.3) is 0 Å². The highest BCUT2D eigenvalue weighted by Gasteiger charge is 2.60. The Morgan fingerprint density at radius 1 is 1.38 bits per heavy atom. The minimum atomic E-state index is -0.190. The highest BCUT2D eigenvalue weighted by Crippen LogP contribution is 2.55. The van der Waals surface area contributed by atoms with E-state index in [-0.39, 0.29) is 23.1 Å². The van der Waals surface area contributed by atoms with E-state index >= 15 is 0 Å². The van der Waals surface area contributed by atoms with Crippen LogP contribution in [0.25, 0.3) is 0 Å². The molecule has 0 N–H and O–H groups in total. The van der Waals surface area contributed by atoms with Crippen molar-refractivity contribution in [2.45, 2.75) is 70.9 Å². The Morgan fingerprint density at radius 3 is 2.76 bits per heavy atom. The van der Waals surface area contributed by atoms with Crippen LogP contribution in [0.15, 0.2) is 18.2 Å². The number of fused-ring (bicyclic) bond motifs is 2. The first kappa shape index (κ1) is 15.0. The van der Waals surface area contributed by atoms with Crippen LogP contribution in [0, 0.1) is 18.7 Å². The SMILES string of the molecule is Cc1cc(F)ccc1COC1CC2(C(C)C)CCC1(C)O2. The monoisotopic (exact) mass is 292 g/mol. The summed E-state index contributed by atoms with van der Waals surface area (Å²) in [7, 11) is 0. The van der Waals surface area contributed by atoms with E-state index in [1.165, 1.54) is 6.07 Å². The van der Waals surface area contributed by atoms with Gasteiger partial charge in [-0.15, -0.1) is 0 Å². The Hall–Kier alpha value is -0.930. The van der Waals surface area contributed by atoms with Crippen LogP contribution in [0.4, 0.5) is 4.39 Å². The predicted molar refractivity (Wildman–Crippen MR) is 80.6 cm³/mol. The van der Waals surface area contributed by atoms with Crippen LogP contribution in [0.3, 0.4) is 0 Å². The summed E-state index contributed by atoms with van der Waals surface area (Å²) in [5.74, 6) is 0.325. The van der Waals surface area contributed by atoms with Crippen molar-refractivity contribution < 1.29 is 13.9 Å². The lowest BCUT2D eigenvalue weighted by Crippen LogP contribution is -2.38. The van der Waals surface area contributed by atoms with Crippen LogP contribution in [0.1, 0.15) is 51.2 Å². The molecule has 21 heavy (non-hydrogen) atoms. The summed E-state index contributed by atoms with van der Waals surface area (Å²) >= 11 is 0. The van der Waals surface area contributed by atoms with Crippen molar-refractivity contribution in [1.82, 2.24) is 0 Å². The maximum absolute atomic E-state index is 13.2. The van der Waals surface area contributed by atoms with Gasteiger partial charge in [0, 0.05) is 6.42 Å². The van der Waals surface area contributed by atoms with Gasteiger partial charge in [-0.1, -0.05) is 19.9 Å². The van der Waals surface area contributed by atoms with Gasteiger partial charge in [-0.05, 0) is 55.9 Å². The van der Waals surface area contributed by atoms with E-state index in [1.54, 1.807) is 6.07 Å². The van der Waals surface area contributed by atoms with E-state index in [9.17, 15) is 4.39 Å². The van der Waals surface area contributed by atoms with E-state index in [0.29, 0.717) is 12.5 Å². The van der Waals surface area contributed by atoms with Crippen LogP contribution in [-0.2, 0) is 16.1 Å². The molecule has 3 rings (SSSR count). The molecule has 2 saturated heterocycles. The highest BCUT2D eigenvalue weighted by molar-refractivity contribution is 5.26. The normalized spacial score (nSPS) is 34.9. The zero-order valence-corrected chi connectivity index (χ0v) is 13.4. The molecule has 2 bridgehead atoms. The highest BCUT2D eigenvalue weighted by atomic mass is 19.1. The first-order valence-corrected chi connectivity index (χ1v) is 7.91. The molecule has 3 atom stereocenters. The van der Waals surface area contributed by atoms with Crippen LogP contribution < -0.4 is 0 Å². The molecular formula is C18H25FO2. The summed E-state index contributed by atoms with van der Waals surface area (Å²) in [5.41, 5.74) is 1.85. The summed E-state index contributed by atoms with van der Waals surface area (Å²) < 4.78 is 25.7. The lowest BCUT2D eigenvalue weighted by atomic mass is 9.75. The first-order valence-electron chi connectivity index (χ1n) is 7.91. The molecule has 0 radical (unpaired) electrons. The van der Waals surface area contributed by atoms with Crippen molar-refractivity contribution in [2.75, 3.05) is 0 Å². The smallest absolute Gasteiger partial charge is 0.123 e. The summed E-state index contributed by atoms with van der Waals surface area (Å²) in [6, 6.07) is 4.88. The second-order valence-electron chi connectivity index (χ2n) is 7.21. The van der Waals surface area contributed by atoms with Crippen LogP contribution in [0.2, 0.25) is 0 Å². The van der Waals surface area contributed by atoms with Gasteiger partial charge in [0.2, 0.25) is 0 Å². The van der Waals surface area contributed by atoms with Crippen molar-refractivity contribution in [3.8, 4) is 0 Å². The number of benzene rings is 1. The Morgan fingerprint density at radius 2 is 2.14 bits per heavy atom. The molecule has 1 aromatic carbocycles. The van der Waals surface area contributed by atoms with Crippen LogP contribution in [0.5, 0.6) is 0 Å². The fraction of sp³-hybridized carbons (Fsp3) is 0.667. The van der Waals surface area contributed by atoms with E-state index in [0.717, 1.165) is 30.4 Å². The fourth-order valence-corrected chi connectivity index (χ4v) is 3.82. The minimum absolute atomic E-state index is 0.00272. The van der Waals surface area contributed by atoms with Crippen molar-refractivity contribution in [3.63, 3.8) is 0 Å². The van der Waals surface area contributed by atoms with E-state index in [1.807, 2.05) is 13.0 Å². The number of ether oxygens (including phenoxy) is 2. The van der Waals surface area contributed by atoms with Gasteiger partial charge in [-0.2, -0.15) is 0 Å². The average molecular weight is 292 g/mol. The molecule has 0 saturated carbocycles. The molecule has 2 aliphatic heterocycles. The Bertz CT molecular complexity index is 542. The third kappa shape index (κ3) is 2.51. The summed E-state index contributed by atoms with van der Waals surface area (Å²) in [5, 5.41) is 0. The molecule has 2 nitrogen and oxygen atoms in total. The predicted octanol–water partition coefficient (Wildman–Crippen LogP) is 4.39. The number of hydrogen-bond acceptors (Lipinski definition) is 2. The molecule has 3 heteroatoms. The minimum Gasteiger partial charge on any atom is -0.370 e. The summed E-state index contributed by atoms with van der Waals surface area (Å²) in [6.45, 7) is 9.10. The second-order valence-corrected chi connectivity index (χ2v) is 7.21. The summed E-state index contributed by atoms with van der Waals surface area (Å²) in [6.07, 6.45) is 3.31. The van der Waals surface area contributed by atoms with Gasteiger partial charge in [0.05, 0.1) is 23.9 Å². The maximum Gasteiger partial charge on any atom is 0.123 e. The van der Waals surface area contributed by atoms with Crippen molar-refractivity contribution in [1.29, 1.82) is 0 Å². The van der Waals surface area contributed by atoms with Crippen molar-refractivity contribution in [3.05, 3.63) is 35.1 Å². The third-order valence-corrected chi connectivity index (χ3v) is 5.49. The Kier molecular flexibility index (Phi) is 3.61. The lowest BCUT2D eigenvalue weighted by Gasteiger charge is -2.31. The molecular weight excluding hydrogens is 267 g/mol. The van der Waals surface area contributed by atoms with E-state index in [2.05, 4.69) is 20.8 Å². The van der Waals surface area contributed by atoms with Crippen molar-refractivity contribution >= 4 is 0 Å². The third-order valence-electron chi connectivity index (χ3n) is 5.49. The number of rotatable bonds is 4. The fourth-order valence-electron chi connectivity index (χ4n) is 3.82. The average Bonchev–Trinajstić information content (AvgIpc) is 2.90. The quantitative estimate of drug-likeness (QED) is 0.819.